The molecule has 3 aromatic rings. The van der Waals surface area contributed by atoms with Gasteiger partial charge in [0.05, 0.1) is 34.2 Å². The molecular formula is C15H8ClF2N3. The summed E-state index contributed by atoms with van der Waals surface area (Å²) in [6.07, 6.45) is 0. The molecule has 0 fully saturated rings. The van der Waals surface area contributed by atoms with Crippen molar-refractivity contribution in [3.63, 3.8) is 0 Å². The minimum atomic E-state index is -0.593. The Hall–Kier alpha value is -2.45. The van der Waals surface area contributed by atoms with Crippen LogP contribution in [0.3, 0.4) is 0 Å². The summed E-state index contributed by atoms with van der Waals surface area (Å²) in [5.41, 5.74) is 1.49. The molecule has 0 radical (unpaired) electrons. The van der Waals surface area contributed by atoms with Gasteiger partial charge in [-0.25, -0.2) is 13.8 Å². The molecule has 3 rings (SSSR count). The van der Waals surface area contributed by atoms with Crippen LogP contribution in [-0.2, 0) is 5.88 Å². The summed E-state index contributed by atoms with van der Waals surface area (Å²) in [4.78, 5) is 4.29. The third kappa shape index (κ3) is 2.24. The fourth-order valence-corrected chi connectivity index (χ4v) is 2.39. The fourth-order valence-electron chi connectivity index (χ4n) is 2.21. The smallest absolute Gasteiger partial charge is 0.147 e. The Bertz CT molecular complexity index is 880. The van der Waals surface area contributed by atoms with E-state index < -0.39 is 11.6 Å². The quantitative estimate of drug-likeness (QED) is 0.673. The van der Waals surface area contributed by atoms with Gasteiger partial charge in [-0.3, -0.25) is 4.57 Å². The van der Waals surface area contributed by atoms with Crippen molar-refractivity contribution in [2.75, 3.05) is 0 Å². The number of benzene rings is 2. The van der Waals surface area contributed by atoms with Crippen molar-refractivity contribution in [3.05, 3.63) is 59.4 Å². The molecule has 2 aromatic carbocycles. The molecule has 0 bridgehead atoms. The van der Waals surface area contributed by atoms with E-state index in [1.54, 1.807) is 18.2 Å². The van der Waals surface area contributed by atoms with E-state index in [0.29, 0.717) is 22.4 Å². The lowest BCUT2D eigenvalue weighted by atomic mass is 10.2. The van der Waals surface area contributed by atoms with Gasteiger partial charge in [-0.2, -0.15) is 5.26 Å². The predicted molar refractivity (Wildman–Crippen MR) is 75.3 cm³/mol. The third-order valence-corrected chi connectivity index (χ3v) is 3.36. The first-order chi connectivity index (χ1) is 10.1. The molecule has 104 valence electrons. The van der Waals surface area contributed by atoms with Gasteiger partial charge in [0.25, 0.3) is 0 Å². The van der Waals surface area contributed by atoms with Crippen LogP contribution < -0.4 is 0 Å². The Labute approximate surface area is 124 Å². The fraction of sp³-hybridized carbons (Fsp3) is 0.0667. The average molecular weight is 304 g/mol. The lowest BCUT2D eigenvalue weighted by Crippen LogP contribution is -2.03. The molecule has 21 heavy (non-hydrogen) atoms. The molecular weight excluding hydrogens is 296 g/mol. The number of hydrogen-bond acceptors (Lipinski definition) is 2. The van der Waals surface area contributed by atoms with Crippen LogP contribution in [0.25, 0.3) is 16.7 Å². The first-order valence-corrected chi connectivity index (χ1v) is 6.60. The average Bonchev–Trinajstić information content (AvgIpc) is 2.87. The van der Waals surface area contributed by atoms with E-state index in [4.69, 9.17) is 16.9 Å². The minimum absolute atomic E-state index is 0.0169. The van der Waals surface area contributed by atoms with Gasteiger partial charge < -0.3 is 0 Å². The number of nitrogens with zero attached hydrogens (tertiary/aromatic N) is 3. The van der Waals surface area contributed by atoms with E-state index in [9.17, 15) is 8.78 Å². The number of alkyl halides is 1. The standard InChI is InChI=1S/C15H8ClF2N3/c16-7-15-20-12-4-1-9(8-19)5-14(12)21(15)13-6-10(17)2-3-11(13)18/h1-6H,7H2. The summed E-state index contributed by atoms with van der Waals surface area (Å²) in [5, 5.41) is 8.98. The second-order valence-corrected chi connectivity index (χ2v) is 4.68. The van der Waals surface area contributed by atoms with Crippen LogP contribution >= 0.6 is 11.6 Å². The molecule has 0 amide bonds. The number of fused-ring (bicyclic) bond motifs is 1. The SMILES string of the molecule is N#Cc1ccc2nc(CCl)n(-c3cc(F)ccc3F)c2c1. The van der Waals surface area contributed by atoms with Crippen molar-refractivity contribution in [2.24, 2.45) is 0 Å². The van der Waals surface area contributed by atoms with Crippen LogP contribution in [0.4, 0.5) is 8.78 Å². The van der Waals surface area contributed by atoms with E-state index in [0.717, 1.165) is 18.2 Å². The second-order valence-electron chi connectivity index (χ2n) is 4.41. The van der Waals surface area contributed by atoms with Crippen LogP contribution in [-0.4, -0.2) is 9.55 Å². The van der Waals surface area contributed by atoms with Crippen LogP contribution in [0, 0.1) is 23.0 Å². The van der Waals surface area contributed by atoms with Crippen molar-refractivity contribution in [1.82, 2.24) is 9.55 Å². The molecule has 6 heteroatoms. The van der Waals surface area contributed by atoms with E-state index in [2.05, 4.69) is 4.98 Å². The maximum atomic E-state index is 14.0. The van der Waals surface area contributed by atoms with Gasteiger partial charge in [0.1, 0.15) is 17.5 Å². The molecule has 0 N–H and O–H groups in total. The zero-order chi connectivity index (χ0) is 15.0. The topological polar surface area (TPSA) is 41.6 Å². The number of imidazole rings is 1. The van der Waals surface area contributed by atoms with Crippen molar-refractivity contribution in [1.29, 1.82) is 5.26 Å². The highest BCUT2D eigenvalue weighted by molar-refractivity contribution is 6.17. The Morgan fingerprint density at radius 1 is 1.19 bits per heavy atom. The maximum Gasteiger partial charge on any atom is 0.147 e. The first kappa shape index (κ1) is 13.5. The molecule has 0 saturated heterocycles. The Morgan fingerprint density at radius 3 is 2.71 bits per heavy atom. The van der Waals surface area contributed by atoms with E-state index in [-0.39, 0.29) is 11.6 Å². The molecule has 1 aromatic heterocycles. The van der Waals surface area contributed by atoms with E-state index in [1.807, 2.05) is 6.07 Å². The number of rotatable bonds is 2. The largest absolute Gasteiger partial charge is 0.292 e. The predicted octanol–water partition coefficient (Wildman–Crippen LogP) is 3.91. The molecule has 1 heterocycles. The van der Waals surface area contributed by atoms with E-state index >= 15 is 0 Å². The number of halogens is 3. The molecule has 0 unspecified atom stereocenters. The number of hydrogen-bond donors (Lipinski definition) is 0. The van der Waals surface area contributed by atoms with Crippen LogP contribution in [0.1, 0.15) is 11.4 Å². The maximum absolute atomic E-state index is 14.0. The van der Waals surface area contributed by atoms with Crippen LogP contribution in [0.15, 0.2) is 36.4 Å². The first-order valence-electron chi connectivity index (χ1n) is 6.07. The summed E-state index contributed by atoms with van der Waals surface area (Å²) in [7, 11) is 0. The Kier molecular flexibility index (Phi) is 3.32. The van der Waals surface area contributed by atoms with Gasteiger partial charge in [0.15, 0.2) is 0 Å². The monoisotopic (exact) mass is 303 g/mol. The molecule has 0 aliphatic rings. The molecule has 0 aliphatic carbocycles. The zero-order valence-electron chi connectivity index (χ0n) is 10.6. The zero-order valence-corrected chi connectivity index (χ0v) is 11.4. The Morgan fingerprint density at radius 2 is 2.00 bits per heavy atom. The molecule has 0 saturated carbocycles. The molecule has 0 atom stereocenters. The number of aromatic nitrogens is 2. The highest BCUT2D eigenvalue weighted by atomic mass is 35.5. The highest BCUT2D eigenvalue weighted by Gasteiger charge is 2.16. The molecule has 3 nitrogen and oxygen atoms in total. The van der Waals surface area contributed by atoms with Crippen LogP contribution in [0.5, 0.6) is 0 Å². The van der Waals surface area contributed by atoms with Crippen molar-refractivity contribution in [2.45, 2.75) is 5.88 Å². The summed E-state index contributed by atoms with van der Waals surface area (Å²) >= 11 is 5.85. The summed E-state index contributed by atoms with van der Waals surface area (Å²) < 4.78 is 28.9. The molecule has 0 aliphatic heterocycles. The van der Waals surface area contributed by atoms with Gasteiger partial charge in [0, 0.05) is 6.07 Å². The lowest BCUT2D eigenvalue weighted by Gasteiger charge is -2.09. The summed E-state index contributed by atoms with van der Waals surface area (Å²) in [6.45, 7) is 0. The third-order valence-electron chi connectivity index (χ3n) is 3.12. The van der Waals surface area contributed by atoms with Gasteiger partial charge >= 0.3 is 0 Å². The van der Waals surface area contributed by atoms with Gasteiger partial charge in [0.2, 0.25) is 0 Å². The summed E-state index contributed by atoms with van der Waals surface area (Å²) in [6, 6.07) is 10.0. The van der Waals surface area contributed by atoms with Gasteiger partial charge in [-0.15, -0.1) is 11.6 Å². The highest BCUT2D eigenvalue weighted by Crippen LogP contribution is 2.26. The van der Waals surface area contributed by atoms with Crippen molar-refractivity contribution in [3.8, 4) is 11.8 Å². The van der Waals surface area contributed by atoms with E-state index in [1.165, 1.54) is 4.57 Å². The number of nitriles is 1. The van der Waals surface area contributed by atoms with Crippen molar-refractivity contribution < 1.29 is 8.78 Å². The summed E-state index contributed by atoms with van der Waals surface area (Å²) in [5.74, 6) is -0.743. The van der Waals surface area contributed by atoms with Crippen LogP contribution in [0.2, 0.25) is 0 Å². The molecule has 0 spiro atoms. The Balaban J connectivity index is 2.39. The van der Waals surface area contributed by atoms with Gasteiger partial charge in [-0.1, -0.05) is 0 Å². The lowest BCUT2D eigenvalue weighted by molar-refractivity contribution is 0.592. The van der Waals surface area contributed by atoms with Crippen molar-refractivity contribution >= 4 is 22.6 Å². The van der Waals surface area contributed by atoms with Gasteiger partial charge in [-0.05, 0) is 30.3 Å². The normalized spacial score (nSPS) is 10.8. The minimum Gasteiger partial charge on any atom is -0.292 e. The second kappa shape index (κ2) is 5.15.